The Labute approximate surface area is 80.8 Å². The first-order valence-electron chi connectivity index (χ1n) is 4.80. The van der Waals surface area contributed by atoms with Crippen LogP contribution >= 0.6 is 0 Å². The molecule has 13 heavy (non-hydrogen) atoms. The zero-order valence-corrected chi connectivity index (χ0v) is 9.26. The molecule has 3 heteroatoms. The minimum absolute atomic E-state index is 0.146. The van der Waals surface area contributed by atoms with E-state index >= 15 is 0 Å². The molecule has 0 aromatic carbocycles. The molecule has 0 saturated carbocycles. The first-order chi connectivity index (χ1) is 5.97. The summed E-state index contributed by atoms with van der Waals surface area (Å²) in [5.74, 6) is 0.299. The second-order valence-corrected chi connectivity index (χ2v) is 3.95. The van der Waals surface area contributed by atoms with Crippen molar-refractivity contribution in [2.75, 3.05) is 7.11 Å². The van der Waals surface area contributed by atoms with Crippen molar-refractivity contribution in [2.45, 2.75) is 46.2 Å². The minimum atomic E-state index is -0.146. The van der Waals surface area contributed by atoms with Gasteiger partial charge in [0.2, 0.25) is 0 Å². The van der Waals surface area contributed by atoms with Gasteiger partial charge in [0.05, 0.1) is 13.5 Å². The van der Waals surface area contributed by atoms with Gasteiger partial charge in [0, 0.05) is 12.1 Å². The Morgan fingerprint density at radius 2 is 1.85 bits per heavy atom. The van der Waals surface area contributed by atoms with Gasteiger partial charge in [-0.25, -0.2) is 0 Å². The number of rotatable bonds is 5. The van der Waals surface area contributed by atoms with Crippen LogP contribution in [-0.2, 0) is 9.53 Å². The molecule has 3 nitrogen and oxygen atoms in total. The fourth-order valence-electron chi connectivity index (χ4n) is 1.18. The second kappa shape index (κ2) is 5.97. The SMILES string of the molecule is COC(=O)CC(NC(C)C)C(C)C. The zero-order chi connectivity index (χ0) is 10.4. The van der Waals surface area contributed by atoms with Crippen molar-refractivity contribution >= 4 is 5.97 Å². The highest BCUT2D eigenvalue weighted by molar-refractivity contribution is 5.69. The van der Waals surface area contributed by atoms with Crippen molar-refractivity contribution in [1.29, 1.82) is 0 Å². The van der Waals surface area contributed by atoms with Crippen LogP contribution in [0.5, 0.6) is 0 Å². The van der Waals surface area contributed by atoms with E-state index in [0.29, 0.717) is 18.4 Å². The summed E-state index contributed by atoms with van der Waals surface area (Å²) in [6.45, 7) is 8.35. The highest BCUT2D eigenvalue weighted by atomic mass is 16.5. The molecule has 1 unspecified atom stereocenters. The third kappa shape index (κ3) is 5.64. The van der Waals surface area contributed by atoms with Gasteiger partial charge < -0.3 is 10.1 Å². The van der Waals surface area contributed by atoms with E-state index in [1.54, 1.807) is 0 Å². The second-order valence-electron chi connectivity index (χ2n) is 3.95. The molecule has 0 amide bonds. The van der Waals surface area contributed by atoms with E-state index in [9.17, 15) is 4.79 Å². The van der Waals surface area contributed by atoms with Gasteiger partial charge in [-0.15, -0.1) is 0 Å². The van der Waals surface area contributed by atoms with E-state index < -0.39 is 0 Å². The Hall–Kier alpha value is -0.570. The number of hydrogen-bond donors (Lipinski definition) is 1. The van der Waals surface area contributed by atoms with Crippen molar-refractivity contribution < 1.29 is 9.53 Å². The summed E-state index contributed by atoms with van der Waals surface area (Å²) in [5.41, 5.74) is 0. The van der Waals surface area contributed by atoms with Gasteiger partial charge in [0.25, 0.3) is 0 Å². The molecule has 78 valence electrons. The molecule has 0 saturated heterocycles. The molecular formula is C10H21NO2. The zero-order valence-electron chi connectivity index (χ0n) is 9.26. The van der Waals surface area contributed by atoms with Gasteiger partial charge in [-0.3, -0.25) is 4.79 Å². The number of carbonyl (C=O) groups is 1. The molecule has 0 bridgehead atoms. The van der Waals surface area contributed by atoms with Crippen molar-refractivity contribution in [3.63, 3.8) is 0 Å². The highest BCUT2D eigenvalue weighted by Gasteiger charge is 2.17. The number of carbonyl (C=O) groups excluding carboxylic acids is 1. The van der Waals surface area contributed by atoms with Crippen LogP contribution < -0.4 is 5.32 Å². The van der Waals surface area contributed by atoms with Gasteiger partial charge in [0.15, 0.2) is 0 Å². The summed E-state index contributed by atoms with van der Waals surface area (Å²) in [4.78, 5) is 11.0. The standard InChI is InChI=1S/C10H21NO2/c1-7(2)9(11-8(3)4)6-10(12)13-5/h7-9,11H,6H2,1-5H3. The third-order valence-corrected chi connectivity index (χ3v) is 1.97. The van der Waals surface area contributed by atoms with Crippen LogP contribution in [0.1, 0.15) is 34.1 Å². The average Bonchev–Trinajstić information content (AvgIpc) is 2.02. The molecular weight excluding hydrogens is 166 g/mol. The van der Waals surface area contributed by atoms with Crippen molar-refractivity contribution in [2.24, 2.45) is 5.92 Å². The van der Waals surface area contributed by atoms with Gasteiger partial charge in [-0.05, 0) is 5.92 Å². The Morgan fingerprint density at radius 1 is 1.31 bits per heavy atom. The molecule has 0 heterocycles. The Morgan fingerprint density at radius 3 is 2.15 bits per heavy atom. The largest absolute Gasteiger partial charge is 0.469 e. The van der Waals surface area contributed by atoms with Gasteiger partial charge >= 0.3 is 5.97 Å². The molecule has 0 aliphatic rings. The van der Waals surface area contributed by atoms with Gasteiger partial charge in [-0.2, -0.15) is 0 Å². The number of nitrogens with one attached hydrogen (secondary N) is 1. The lowest BCUT2D eigenvalue weighted by Gasteiger charge is -2.23. The number of esters is 1. The topological polar surface area (TPSA) is 38.3 Å². The van der Waals surface area contributed by atoms with Crippen LogP contribution in [0.3, 0.4) is 0 Å². The van der Waals surface area contributed by atoms with E-state index in [2.05, 4.69) is 37.7 Å². The van der Waals surface area contributed by atoms with Crippen LogP contribution in [0.15, 0.2) is 0 Å². The van der Waals surface area contributed by atoms with Crippen molar-refractivity contribution in [1.82, 2.24) is 5.32 Å². The fourth-order valence-corrected chi connectivity index (χ4v) is 1.18. The highest BCUT2D eigenvalue weighted by Crippen LogP contribution is 2.07. The van der Waals surface area contributed by atoms with Crippen LogP contribution in [0.4, 0.5) is 0 Å². The monoisotopic (exact) mass is 187 g/mol. The molecule has 1 atom stereocenters. The van der Waals surface area contributed by atoms with Crippen LogP contribution in [0.2, 0.25) is 0 Å². The van der Waals surface area contributed by atoms with Crippen LogP contribution in [0, 0.1) is 5.92 Å². The lowest BCUT2D eigenvalue weighted by Crippen LogP contribution is -2.40. The number of ether oxygens (including phenoxy) is 1. The lowest BCUT2D eigenvalue weighted by molar-refractivity contribution is -0.141. The number of methoxy groups -OCH3 is 1. The molecule has 1 N–H and O–H groups in total. The predicted molar refractivity (Wildman–Crippen MR) is 53.5 cm³/mol. The van der Waals surface area contributed by atoms with E-state index in [4.69, 9.17) is 0 Å². The smallest absolute Gasteiger partial charge is 0.307 e. The van der Waals surface area contributed by atoms with Gasteiger partial charge in [-0.1, -0.05) is 27.7 Å². The maximum atomic E-state index is 11.0. The molecule has 0 aromatic rings. The van der Waals surface area contributed by atoms with E-state index in [0.717, 1.165) is 0 Å². The average molecular weight is 187 g/mol. The summed E-state index contributed by atoms with van der Waals surface area (Å²) in [6.07, 6.45) is 0.451. The first kappa shape index (κ1) is 12.4. The molecule has 0 aliphatic heterocycles. The molecule has 0 aliphatic carbocycles. The molecule has 0 fully saturated rings. The van der Waals surface area contributed by atoms with E-state index in [-0.39, 0.29) is 12.0 Å². The summed E-state index contributed by atoms with van der Waals surface area (Å²) >= 11 is 0. The Bertz CT molecular complexity index is 155. The Balaban J connectivity index is 4.02. The number of hydrogen-bond acceptors (Lipinski definition) is 3. The van der Waals surface area contributed by atoms with Gasteiger partial charge in [0.1, 0.15) is 0 Å². The summed E-state index contributed by atoms with van der Waals surface area (Å²) < 4.78 is 4.63. The van der Waals surface area contributed by atoms with E-state index in [1.807, 2.05) is 0 Å². The quantitative estimate of drug-likeness (QED) is 0.664. The van der Waals surface area contributed by atoms with Crippen molar-refractivity contribution in [3.05, 3.63) is 0 Å². The lowest BCUT2D eigenvalue weighted by atomic mass is 10.0. The molecule has 0 radical (unpaired) electrons. The minimum Gasteiger partial charge on any atom is -0.469 e. The summed E-state index contributed by atoms with van der Waals surface area (Å²) in [5, 5.41) is 3.34. The third-order valence-electron chi connectivity index (χ3n) is 1.97. The molecule has 0 rings (SSSR count). The van der Waals surface area contributed by atoms with E-state index in [1.165, 1.54) is 7.11 Å². The predicted octanol–water partition coefficient (Wildman–Crippen LogP) is 1.57. The Kier molecular flexibility index (Phi) is 5.71. The summed E-state index contributed by atoms with van der Waals surface area (Å²) in [6, 6.07) is 0.615. The summed E-state index contributed by atoms with van der Waals surface area (Å²) in [7, 11) is 1.43. The first-order valence-corrected chi connectivity index (χ1v) is 4.80. The van der Waals surface area contributed by atoms with Crippen molar-refractivity contribution in [3.8, 4) is 0 Å². The maximum Gasteiger partial charge on any atom is 0.307 e. The normalized spacial score (nSPS) is 13.5. The molecule has 0 spiro atoms. The fraction of sp³-hybridized carbons (Fsp3) is 0.900. The van der Waals surface area contributed by atoms with Crippen LogP contribution in [-0.4, -0.2) is 25.2 Å². The molecule has 0 aromatic heterocycles. The maximum absolute atomic E-state index is 11.0. The van der Waals surface area contributed by atoms with Crippen LogP contribution in [0.25, 0.3) is 0 Å².